The molecule has 0 unspecified atom stereocenters. The predicted molar refractivity (Wildman–Crippen MR) is 100 cm³/mol. The molecule has 0 fully saturated rings. The number of pyridine rings is 1. The maximum absolute atomic E-state index is 9.44. The Bertz CT molecular complexity index is 940. The van der Waals surface area contributed by atoms with Gasteiger partial charge in [0.2, 0.25) is 0 Å². The monoisotopic (exact) mass is 331 g/mol. The number of rotatable bonds is 5. The second-order valence-electron chi connectivity index (χ2n) is 6.29. The molecule has 1 aromatic heterocycles. The molecule has 0 atom stereocenters. The molecule has 4 heteroatoms. The van der Waals surface area contributed by atoms with E-state index in [0.717, 1.165) is 46.2 Å². The Morgan fingerprint density at radius 1 is 1.12 bits per heavy atom. The summed E-state index contributed by atoms with van der Waals surface area (Å²) in [6.07, 6.45) is 2.48. The van der Waals surface area contributed by atoms with Crippen LogP contribution in [0, 0.1) is 25.2 Å². The van der Waals surface area contributed by atoms with E-state index in [1.165, 1.54) is 5.56 Å². The van der Waals surface area contributed by atoms with E-state index in [1.54, 1.807) is 6.20 Å². The van der Waals surface area contributed by atoms with E-state index in [2.05, 4.69) is 35.4 Å². The first-order valence-electron chi connectivity index (χ1n) is 8.35. The van der Waals surface area contributed by atoms with Gasteiger partial charge in [0.15, 0.2) is 0 Å². The molecule has 4 nitrogen and oxygen atoms in total. The highest BCUT2D eigenvalue weighted by molar-refractivity contribution is 5.96. The van der Waals surface area contributed by atoms with Crippen LogP contribution in [0.1, 0.15) is 27.8 Å². The number of hydrogen-bond donors (Lipinski definition) is 2. The van der Waals surface area contributed by atoms with Crippen molar-refractivity contribution < 1.29 is 5.11 Å². The highest BCUT2D eigenvalue weighted by atomic mass is 16.3. The molecule has 0 amide bonds. The van der Waals surface area contributed by atoms with Gasteiger partial charge in [-0.05, 0) is 43.0 Å². The van der Waals surface area contributed by atoms with Crippen molar-refractivity contribution in [3.8, 4) is 6.07 Å². The molecule has 2 N–H and O–H groups in total. The summed E-state index contributed by atoms with van der Waals surface area (Å²) < 4.78 is 0. The van der Waals surface area contributed by atoms with Gasteiger partial charge in [-0.25, -0.2) is 0 Å². The van der Waals surface area contributed by atoms with Crippen LogP contribution in [0.2, 0.25) is 0 Å². The molecule has 0 saturated heterocycles. The lowest BCUT2D eigenvalue weighted by atomic mass is 10.0. The van der Waals surface area contributed by atoms with Crippen molar-refractivity contribution in [2.45, 2.75) is 26.9 Å². The summed E-state index contributed by atoms with van der Waals surface area (Å²) in [5.74, 6) is 0. The molecule has 0 aliphatic carbocycles. The zero-order chi connectivity index (χ0) is 17.8. The van der Waals surface area contributed by atoms with Gasteiger partial charge in [-0.2, -0.15) is 5.26 Å². The van der Waals surface area contributed by atoms with Gasteiger partial charge in [0, 0.05) is 18.1 Å². The maximum Gasteiger partial charge on any atom is 0.103 e. The zero-order valence-electron chi connectivity index (χ0n) is 14.5. The summed E-state index contributed by atoms with van der Waals surface area (Å²) in [5, 5.41) is 23.0. The fraction of sp³-hybridized carbons (Fsp3) is 0.238. The van der Waals surface area contributed by atoms with Crippen LogP contribution in [0.25, 0.3) is 10.9 Å². The minimum absolute atomic E-state index is 0.0613. The molecule has 0 spiro atoms. The summed E-state index contributed by atoms with van der Waals surface area (Å²) in [6, 6.07) is 14.3. The smallest absolute Gasteiger partial charge is 0.103 e. The molecule has 25 heavy (non-hydrogen) atoms. The summed E-state index contributed by atoms with van der Waals surface area (Å²) in [6.45, 7) is 4.88. The summed E-state index contributed by atoms with van der Waals surface area (Å²) in [4.78, 5) is 4.45. The van der Waals surface area contributed by atoms with Crippen molar-refractivity contribution in [1.29, 1.82) is 5.26 Å². The number of aliphatic hydroxyl groups is 1. The predicted octanol–water partition coefficient (Wildman–Crippen LogP) is 3.87. The van der Waals surface area contributed by atoms with Gasteiger partial charge in [0.1, 0.15) is 6.07 Å². The van der Waals surface area contributed by atoms with Gasteiger partial charge in [0.05, 0.1) is 23.4 Å². The molecule has 0 radical (unpaired) electrons. The van der Waals surface area contributed by atoms with Gasteiger partial charge in [-0.15, -0.1) is 0 Å². The molecular weight excluding hydrogens is 310 g/mol. The number of benzene rings is 2. The number of aromatic nitrogens is 1. The molecule has 0 aliphatic rings. The third-order valence-corrected chi connectivity index (χ3v) is 4.35. The van der Waals surface area contributed by atoms with E-state index < -0.39 is 0 Å². The number of fused-ring (bicyclic) bond motifs is 1. The molecule has 3 aromatic rings. The van der Waals surface area contributed by atoms with Crippen molar-refractivity contribution in [2.24, 2.45) is 0 Å². The highest BCUT2D eigenvalue weighted by Gasteiger charge is 2.10. The van der Waals surface area contributed by atoms with E-state index in [1.807, 2.05) is 31.2 Å². The van der Waals surface area contributed by atoms with Crippen molar-refractivity contribution in [3.63, 3.8) is 0 Å². The van der Waals surface area contributed by atoms with Crippen LogP contribution in [-0.4, -0.2) is 16.6 Å². The summed E-state index contributed by atoms with van der Waals surface area (Å²) in [5.41, 5.74) is 6.72. The quantitative estimate of drug-likeness (QED) is 0.744. The fourth-order valence-electron chi connectivity index (χ4n) is 3.08. The lowest BCUT2D eigenvalue weighted by molar-refractivity contribution is 0.282. The number of anilines is 1. The number of hydrogen-bond acceptors (Lipinski definition) is 4. The molecule has 0 saturated carbocycles. The Hall–Kier alpha value is -2.90. The standard InChI is InChI=1S/C21H21N3O/c1-14-9-15(2)20-19(10-14)21(18(11-22)12-24-20)23-8-7-16-3-5-17(13-25)6-4-16/h3-6,9-10,12,25H,7-8,13H2,1-2H3,(H,23,24). The number of nitriles is 1. The number of aryl methyl sites for hydroxylation is 2. The highest BCUT2D eigenvalue weighted by Crippen LogP contribution is 2.28. The van der Waals surface area contributed by atoms with Crippen molar-refractivity contribution in [1.82, 2.24) is 4.98 Å². The molecule has 0 bridgehead atoms. The van der Waals surface area contributed by atoms with E-state index in [0.29, 0.717) is 5.56 Å². The normalized spacial score (nSPS) is 10.6. The lowest BCUT2D eigenvalue weighted by Crippen LogP contribution is -2.07. The average molecular weight is 331 g/mol. The van der Waals surface area contributed by atoms with Crippen LogP contribution in [0.5, 0.6) is 0 Å². The van der Waals surface area contributed by atoms with E-state index in [9.17, 15) is 5.26 Å². The Labute approximate surface area is 147 Å². The minimum atomic E-state index is 0.0613. The number of aliphatic hydroxyl groups excluding tert-OH is 1. The third-order valence-electron chi connectivity index (χ3n) is 4.35. The minimum Gasteiger partial charge on any atom is -0.392 e. The largest absolute Gasteiger partial charge is 0.392 e. The Kier molecular flexibility index (Phi) is 4.97. The maximum atomic E-state index is 9.44. The van der Waals surface area contributed by atoms with E-state index >= 15 is 0 Å². The fourth-order valence-corrected chi connectivity index (χ4v) is 3.08. The molecule has 2 aromatic carbocycles. The first-order chi connectivity index (χ1) is 12.1. The van der Waals surface area contributed by atoms with Crippen LogP contribution < -0.4 is 5.32 Å². The average Bonchev–Trinajstić information content (AvgIpc) is 2.62. The third kappa shape index (κ3) is 3.62. The first-order valence-corrected chi connectivity index (χ1v) is 8.35. The van der Waals surface area contributed by atoms with Crippen molar-refractivity contribution >= 4 is 16.6 Å². The van der Waals surface area contributed by atoms with Gasteiger partial charge in [0.25, 0.3) is 0 Å². The zero-order valence-corrected chi connectivity index (χ0v) is 14.5. The topological polar surface area (TPSA) is 68.9 Å². The van der Waals surface area contributed by atoms with Crippen LogP contribution in [0.4, 0.5) is 5.69 Å². The van der Waals surface area contributed by atoms with Crippen LogP contribution >= 0.6 is 0 Å². The van der Waals surface area contributed by atoms with E-state index in [-0.39, 0.29) is 6.61 Å². The van der Waals surface area contributed by atoms with Gasteiger partial charge in [-0.1, -0.05) is 35.9 Å². The van der Waals surface area contributed by atoms with E-state index in [4.69, 9.17) is 5.11 Å². The Balaban J connectivity index is 1.85. The Morgan fingerprint density at radius 3 is 2.52 bits per heavy atom. The van der Waals surface area contributed by atoms with Crippen molar-refractivity contribution in [3.05, 3.63) is 70.4 Å². The van der Waals surface area contributed by atoms with Gasteiger partial charge >= 0.3 is 0 Å². The van der Waals surface area contributed by atoms with Crippen LogP contribution in [0.15, 0.2) is 42.6 Å². The molecule has 126 valence electrons. The van der Waals surface area contributed by atoms with Gasteiger partial charge in [-0.3, -0.25) is 4.98 Å². The first kappa shape index (κ1) is 16.9. The summed E-state index contributed by atoms with van der Waals surface area (Å²) in [7, 11) is 0. The van der Waals surface area contributed by atoms with Crippen LogP contribution in [-0.2, 0) is 13.0 Å². The number of nitrogens with one attached hydrogen (secondary N) is 1. The lowest BCUT2D eigenvalue weighted by Gasteiger charge is -2.13. The molecule has 0 aliphatic heterocycles. The van der Waals surface area contributed by atoms with Gasteiger partial charge < -0.3 is 10.4 Å². The SMILES string of the molecule is Cc1cc(C)c2ncc(C#N)c(NCCc3ccc(CO)cc3)c2c1. The second kappa shape index (κ2) is 7.33. The molecule has 3 rings (SSSR count). The summed E-state index contributed by atoms with van der Waals surface area (Å²) >= 11 is 0. The Morgan fingerprint density at radius 2 is 1.84 bits per heavy atom. The second-order valence-corrected chi connectivity index (χ2v) is 6.29. The molecule has 1 heterocycles. The molecular formula is C21H21N3O. The number of nitrogens with zero attached hydrogens (tertiary/aromatic N) is 2. The van der Waals surface area contributed by atoms with Crippen LogP contribution in [0.3, 0.4) is 0 Å². The van der Waals surface area contributed by atoms with Crippen molar-refractivity contribution in [2.75, 3.05) is 11.9 Å².